The molecule has 188 valence electrons. The van der Waals surface area contributed by atoms with Gasteiger partial charge in [0.1, 0.15) is 22.8 Å². The highest BCUT2D eigenvalue weighted by Crippen LogP contribution is 2.63. The molecule has 2 atom stereocenters. The van der Waals surface area contributed by atoms with Gasteiger partial charge in [0.25, 0.3) is 15.9 Å². The minimum atomic E-state index is -4.36. The number of carbonyl (C=O) groups excluding carboxylic acids is 1. The molecule has 1 spiro atoms. The van der Waals surface area contributed by atoms with E-state index in [2.05, 4.69) is 5.32 Å². The zero-order chi connectivity index (χ0) is 26.2. The SMILES string of the molecule is Cc1ccc(S(=O)(=O)N2c3c(oc4ccccc34)C(c3ccccc3)C23C(=O)Nc2ccc(F)cc23)cc1. The third-order valence-corrected chi connectivity index (χ3v) is 9.30. The van der Waals surface area contributed by atoms with Crippen molar-refractivity contribution in [2.75, 3.05) is 9.62 Å². The highest BCUT2D eigenvalue weighted by atomic mass is 32.2. The van der Waals surface area contributed by atoms with Crippen LogP contribution in [-0.2, 0) is 20.4 Å². The number of aryl methyl sites for hydroxylation is 1. The fourth-order valence-corrected chi connectivity index (χ4v) is 7.66. The normalized spacial score (nSPS) is 20.1. The quantitative estimate of drug-likeness (QED) is 0.311. The summed E-state index contributed by atoms with van der Waals surface area (Å²) < 4.78 is 51.6. The summed E-state index contributed by atoms with van der Waals surface area (Å²) in [7, 11) is -4.36. The second kappa shape index (κ2) is 7.79. The summed E-state index contributed by atoms with van der Waals surface area (Å²) in [5.41, 5.74) is 1.07. The number of nitrogens with zero attached hydrogens (tertiary/aromatic N) is 1. The van der Waals surface area contributed by atoms with Crippen molar-refractivity contribution >= 4 is 38.3 Å². The number of nitrogens with one attached hydrogen (secondary N) is 1. The lowest BCUT2D eigenvalue weighted by Gasteiger charge is -2.38. The van der Waals surface area contributed by atoms with Crippen LogP contribution in [0, 0.1) is 12.7 Å². The number of hydrogen-bond acceptors (Lipinski definition) is 4. The van der Waals surface area contributed by atoms with Crippen molar-refractivity contribution in [3.63, 3.8) is 0 Å². The smallest absolute Gasteiger partial charge is 0.265 e. The molecule has 0 saturated heterocycles. The average molecular weight is 525 g/mol. The average Bonchev–Trinajstić information content (AvgIpc) is 3.52. The second-order valence-electron chi connectivity index (χ2n) is 9.65. The molecule has 5 aromatic rings. The Labute approximate surface area is 218 Å². The Morgan fingerprint density at radius 1 is 0.921 bits per heavy atom. The van der Waals surface area contributed by atoms with E-state index < -0.39 is 33.2 Å². The van der Waals surface area contributed by atoms with Crippen LogP contribution in [0.4, 0.5) is 15.8 Å². The molecular formula is C30H21FN2O4S. The van der Waals surface area contributed by atoms with Crippen LogP contribution >= 0.6 is 0 Å². The van der Waals surface area contributed by atoms with Crippen molar-refractivity contribution in [2.45, 2.75) is 23.3 Å². The van der Waals surface area contributed by atoms with Crippen LogP contribution in [0.1, 0.15) is 28.4 Å². The van der Waals surface area contributed by atoms with Gasteiger partial charge in [-0.3, -0.25) is 4.79 Å². The fraction of sp³-hybridized carbons (Fsp3) is 0.100. The Balaban J connectivity index is 1.65. The molecule has 7 rings (SSSR count). The van der Waals surface area contributed by atoms with Gasteiger partial charge in [-0.05, 0) is 55.0 Å². The number of rotatable bonds is 3. The zero-order valence-corrected chi connectivity index (χ0v) is 21.0. The molecule has 0 fully saturated rings. The molecule has 2 unspecified atom stereocenters. The van der Waals surface area contributed by atoms with Crippen LogP contribution in [-0.4, -0.2) is 14.3 Å². The largest absolute Gasteiger partial charge is 0.458 e. The summed E-state index contributed by atoms with van der Waals surface area (Å²) in [5.74, 6) is -1.69. The van der Waals surface area contributed by atoms with Crippen molar-refractivity contribution < 1.29 is 22.0 Å². The molecule has 0 radical (unpaired) electrons. The number of amides is 1. The topological polar surface area (TPSA) is 79.6 Å². The number of carbonyl (C=O) groups is 1. The highest BCUT2D eigenvalue weighted by molar-refractivity contribution is 7.93. The first kappa shape index (κ1) is 22.7. The molecule has 4 aromatic carbocycles. The van der Waals surface area contributed by atoms with Crippen LogP contribution < -0.4 is 9.62 Å². The van der Waals surface area contributed by atoms with Gasteiger partial charge in [0.2, 0.25) is 0 Å². The van der Waals surface area contributed by atoms with Crippen molar-refractivity contribution in [3.8, 4) is 0 Å². The first-order chi connectivity index (χ1) is 18.3. The number of halogens is 1. The van der Waals surface area contributed by atoms with Crippen molar-refractivity contribution in [1.82, 2.24) is 0 Å². The van der Waals surface area contributed by atoms with Gasteiger partial charge in [-0.2, -0.15) is 0 Å². The van der Waals surface area contributed by atoms with Crippen molar-refractivity contribution in [1.29, 1.82) is 0 Å². The summed E-state index contributed by atoms with van der Waals surface area (Å²) in [5, 5.41) is 3.39. The van der Waals surface area contributed by atoms with E-state index in [1.165, 1.54) is 34.6 Å². The monoisotopic (exact) mass is 524 g/mol. The first-order valence-electron chi connectivity index (χ1n) is 12.1. The van der Waals surface area contributed by atoms with Gasteiger partial charge in [0, 0.05) is 16.6 Å². The summed E-state index contributed by atoms with van der Waals surface area (Å²) in [6, 6.07) is 26.7. The molecule has 1 aromatic heterocycles. The maximum Gasteiger partial charge on any atom is 0.265 e. The number of para-hydroxylation sites is 1. The molecule has 2 aliphatic rings. The maximum absolute atomic E-state index is 14.8. The van der Waals surface area contributed by atoms with E-state index >= 15 is 0 Å². The predicted octanol–water partition coefficient (Wildman–Crippen LogP) is 6.07. The lowest BCUT2D eigenvalue weighted by atomic mass is 9.76. The number of anilines is 2. The summed E-state index contributed by atoms with van der Waals surface area (Å²) in [6.45, 7) is 1.87. The van der Waals surface area contributed by atoms with Crippen LogP contribution in [0.15, 0.2) is 106 Å². The van der Waals surface area contributed by atoms with Crippen LogP contribution in [0.25, 0.3) is 11.0 Å². The zero-order valence-electron chi connectivity index (χ0n) is 20.2. The lowest BCUT2D eigenvalue weighted by Crippen LogP contribution is -2.54. The Kier molecular flexibility index (Phi) is 4.66. The summed E-state index contributed by atoms with van der Waals surface area (Å²) in [6.07, 6.45) is 0. The predicted molar refractivity (Wildman–Crippen MR) is 142 cm³/mol. The molecule has 1 amide bonds. The van der Waals surface area contributed by atoms with E-state index in [1.54, 1.807) is 36.4 Å². The van der Waals surface area contributed by atoms with Gasteiger partial charge in [0.05, 0.1) is 10.8 Å². The van der Waals surface area contributed by atoms with E-state index in [0.717, 1.165) is 5.56 Å². The van der Waals surface area contributed by atoms with E-state index in [0.29, 0.717) is 28.0 Å². The minimum Gasteiger partial charge on any atom is -0.458 e. The van der Waals surface area contributed by atoms with E-state index in [9.17, 15) is 17.6 Å². The molecular weight excluding hydrogens is 503 g/mol. The number of furan rings is 1. The molecule has 1 N–H and O–H groups in total. The Morgan fingerprint density at radius 2 is 1.63 bits per heavy atom. The fourth-order valence-electron chi connectivity index (χ4n) is 5.87. The van der Waals surface area contributed by atoms with E-state index in [1.807, 2.05) is 37.3 Å². The van der Waals surface area contributed by atoms with E-state index in [4.69, 9.17) is 4.42 Å². The van der Waals surface area contributed by atoms with Gasteiger partial charge in [-0.15, -0.1) is 0 Å². The third kappa shape index (κ3) is 2.86. The van der Waals surface area contributed by atoms with Gasteiger partial charge in [0.15, 0.2) is 5.54 Å². The highest BCUT2D eigenvalue weighted by Gasteiger charge is 2.67. The van der Waals surface area contributed by atoms with Crippen LogP contribution in [0.5, 0.6) is 0 Å². The van der Waals surface area contributed by atoms with Gasteiger partial charge < -0.3 is 9.73 Å². The minimum absolute atomic E-state index is 0.0186. The molecule has 2 aliphatic heterocycles. The third-order valence-electron chi connectivity index (χ3n) is 7.48. The molecule has 38 heavy (non-hydrogen) atoms. The molecule has 6 nitrogen and oxygen atoms in total. The number of benzene rings is 4. The maximum atomic E-state index is 14.8. The molecule has 3 heterocycles. The lowest BCUT2D eigenvalue weighted by molar-refractivity contribution is -0.120. The summed E-state index contributed by atoms with van der Waals surface area (Å²) in [4.78, 5) is 14.2. The number of sulfonamides is 1. The number of hydrogen-bond donors (Lipinski definition) is 1. The summed E-state index contributed by atoms with van der Waals surface area (Å²) >= 11 is 0. The molecule has 0 bridgehead atoms. The van der Waals surface area contributed by atoms with Crippen LogP contribution in [0.2, 0.25) is 0 Å². The molecule has 0 saturated carbocycles. The van der Waals surface area contributed by atoms with Crippen LogP contribution in [0.3, 0.4) is 0 Å². The number of fused-ring (bicyclic) bond motifs is 5. The molecule has 0 aliphatic carbocycles. The van der Waals surface area contributed by atoms with Crippen molar-refractivity contribution in [3.05, 3.63) is 125 Å². The van der Waals surface area contributed by atoms with Crippen molar-refractivity contribution in [2.24, 2.45) is 0 Å². The van der Waals surface area contributed by atoms with E-state index in [-0.39, 0.29) is 16.1 Å². The Morgan fingerprint density at radius 3 is 2.39 bits per heavy atom. The standard InChI is InChI=1S/C30H21FN2O4S/c1-18-11-14-21(15-12-18)38(35,36)33-27-22-9-5-6-10-25(22)37-28(27)26(19-7-3-2-4-8-19)30(33)23-17-20(31)13-16-24(23)32-29(30)34/h2-17,26H,1H3,(H,32,34). The van der Waals surface area contributed by atoms with Gasteiger partial charge >= 0.3 is 0 Å². The van der Waals surface area contributed by atoms with Gasteiger partial charge in [-0.25, -0.2) is 17.1 Å². The Bertz CT molecular complexity index is 1870. The first-order valence-corrected chi connectivity index (χ1v) is 13.6. The molecule has 8 heteroatoms. The second-order valence-corrected chi connectivity index (χ2v) is 11.4. The Hall–Kier alpha value is -4.43. The van der Waals surface area contributed by atoms with Gasteiger partial charge in [-0.1, -0.05) is 60.2 Å².